The Balaban J connectivity index is 1.64. The van der Waals surface area contributed by atoms with Crippen LogP contribution in [0.3, 0.4) is 0 Å². The third-order valence-electron chi connectivity index (χ3n) is 3.31. The van der Waals surface area contributed by atoms with E-state index in [4.69, 9.17) is 4.74 Å². The standard InChI is InChI=1S/C15H22O2S/c1-12-4-8-15(9-5-12)18-11-13(16)6-7-14-3-2-10-17-14/h4-5,8-9,13-14,16H,2-3,6-7,10-11H2,1H3. The predicted molar refractivity (Wildman–Crippen MR) is 76.1 cm³/mol. The van der Waals surface area contributed by atoms with Crippen LogP contribution in [0.4, 0.5) is 0 Å². The van der Waals surface area contributed by atoms with E-state index in [1.54, 1.807) is 11.8 Å². The summed E-state index contributed by atoms with van der Waals surface area (Å²) in [6.45, 7) is 2.99. The van der Waals surface area contributed by atoms with Crippen molar-refractivity contribution in [3.05, 3.63) is 29.8 Å². The molecule has 2 unspecified atom stereocenters. The Morgan fingerprint density at radius 1 is 1.39 bits per heavy atom. The first-order valence-corrected chi connectivity index (χ1v) is 7.72. The molecule has 1 aliphatic rings. The SMILES string of the molecule is Cc1ccc(SCC(O)CCC2CCCO2)cc1. The van der Waals surface area contributed by atoms with Crippen molar-refractivity contribution < 1.29 is 9.84 Å². The Morgan fingerprint density at radius 3 is 2.83 bits per heavy atom. The second-order valence-electron chi connectivity index (χ2n) is 4.99. The molecule has 0 radical (unpaired) electrons. The molecule has 0 aliphatic carbocycles. The van der Waals surface area contributed by atoms with E-state index < -0.39 is 0 Å². The number of ether oxygens (including phenoxy) is 1. The van der Waals surface area contributed by atoms with Gasteiger partial charge in [-0.05, 0) is 44.7 Å². The summed E-state index contributed by atoms with van der Waals surface area (Å²) in [5.74, 6) is 0.774. The molecule has 1 aromatic rings. The van der Waals surface area contributed by atoms with E-state index >= 15 is 0 Å². The maximum Gasteiger partial charge on any atom is 0.0635 e. The largest absolute Gasteiger partial charge is 0.392 e. The van der Waals surface area contributed by atoms with Crippen LogP contribution in [0.1, 0.15) is 31.2 Å². The molecule has 1 aromatic carbocycles. The zero-order valence-electron chi connectivity index (χ0n) is 11.0. The Kier molecular flexibility index (Phi) is 5.54. The van der Waals surface area contributed by atoms with Crippen LogP contribution < -0.4 is 0 Å². The summed E-state index contributed by atoms with van der Waals surface area (Å²) in [6, 6.07) is 8.46. The summed E-state index contributed by atoms with van der Waals surface area (Å²) in [5.41, 5.74) is 1.28. The second kappa shape index (κ2) is 7.17. The van der Waals surface area contributed by atoms with Gasteiger partial charge in [0.25, 0.3) is 0 Å². The molecule has 1 fully saturated rings. The number of rotatable bonds is 6. The lowest BCUT2D eigenvalue weighted by molar-refractivity contribution is 0.0861. The zero-order valence-corrected chi connectivity index (χ0v) is 11.8. The lowest BCUT2D eigenvalue weighted by Gasteiger charge is -2.13. The Labute approximate surface area is 114 Å². The number of aliphatic hydroxyl groups is 1. The third-order valence-corrected chi connectivity index (χ3v) is 4.47. The summed E-state index contributed by atoms with van der Waals surface area (Å²) < 4.78 is 5.56. The van der Waals surface area contributed by atoms with Gasteiger partial charge in [0.15, 0.2) is 0 Å². The molecule has 1 heterocycles. The van der Waals surface area contributed by atoms with Crippen molar-refractivity contribution in [3.63, 3.8) is 0 Å². The van der Waals surface area contributed by atoms with Gasteiger partial charge in [0, 0.05) is 17.3 Å². The number of hydrogen-bond acceptors (Lipinski definition) is 3. The number of hydrogen-bond donors (Lipinski definition) is 1. The van der Waals surface area contributed by atoms with Crippen LogP contribution in [-0.2, 0) is 4.74 Å². The highest BCUT2D eigenvalue weighted by atomic mass is 32.2. The summed E-state index contributed by atoms with van der Waals surface area (Å²) >= 11 is 1.73. The van der Waals surface area contributed by atoms with Gasteiger partial charge in [-0.2, -0.15) is 0 Å². The van der Waals surface area contributed by atoms with Crippen molar-refractivity contribution in [3.8, 4) is 0 Å². The monoisotopic (exact) mass is 266 g/mol. The molecular weight excluding hydrogens is 244 g/mol. The molecular formula is C15H22O2S. The predicted octanol–water partition coefficient (Wildman–Crippen LogP) is 3.41. The molecule has 2 nitrogen and oxygen atoms in total. The van der Waals surface area contributed by atoms with Crippen LogP contribution in [0.25, 0.3) is 0 Å². The average molecular weight is 266 g/mol. The average Bonchev–Trinajstić information content (AvgIpc) is 2.89. The van der Waals surface area contributed by atoms with Gasteiger partial charge in [-0.3, -0.25) is 0 Å². The summed E-state index contributed by atoms with van der Waals surface area (Å²) in [6.07, 6.45) is 4.36. The van der Waals surface area contributed by atoms with Crippen molar-refractivity contribution in [2.24, 2.45) is 0 Å². The molecule has 2 atom stereocenters. The first kappa shape index (κ1) is 13.9. The van der Waals surface area contributed by atoms with Crippen molar-refractivity contribution in [2.45, 2.75) is 49.7 Å². The number of thioether (sulfide) groups is 1. The smallest absolute Gasteiger partial charge is 0.0635 e. The van der Waals surface area contributed by atoms with Crippen molar-refractivity contribution in [1.29, 1.82) is 0 Å². The molecule has 2 rings (SSSR count). The minimum Gasteiger partial charge on any atom is -0.392 e. The minimum atomic E-state index is -0.222. The minimum absolute atomic E-state index is 0.222. The lowest BCUT2D eigenvalue weighted by atomic mass is 10.1. The molecule has 0 amide bonds. The fourth-order valence-corrected chi connectivity index (χ4v) is 3.04. The van der Waals surface area contributed by atoms with Gasteiger partial charge in [-0.15, -0.1) is 11.8 Å². The summed E-state index contributed by atoms with van der Waals surface area (Å²) in [7, 11) is 0. The number of benzene rings is 1. The molecule has 1 saturated heterocycles. The van der Waals surface area contributed by atoms with Gasteiger partial charge < -0.3 is 9.84 Å². The van der Waals surface area contributed by atoms with Crippen molar-refractivity contribution >= 4 is 11.8 Å². The van der Waals surface area contributed by atoms with E-state index in [9.17, 15) is 5.11 Å². The van der Waals surface area contributed by atoms with Gasteiger partial charge in [0.05, 0.1) is 12.2 Å². The van der Waals surface area contributed by atoms with E-state index in [1.165, 1.54) is 16.9 Å². The maximum atomic E-state index is 9.95. The van der Waals surface area contributed by atoms with Crippen LogP contribution >= 0.6 is 11.8 Å². The molecule has 1 N–H and O–H groups in total. The van der Waals surface area contributed by atoms with Crippen LogP contribution in [0.5, 0.6) is 0 Å². The van der Waals surface area contributed by atoms with E-state index in [2.05, 4.69) is 31.2 Å². The first-order chi connectivity index (χ1) is 8.74. The van der Waals surface area contributed by atoms with Crippen LogP contribution in [0, 0.1) is 6.92 Å². The molecule has 100 valence electrons. The second-order valence-corrected chi connectivity index (χ2v) is 6.08. The van der Waals surface area contributed by atoms with E-state index in [1.807, 2.05) is 0 Å². The highest BCUT2D eigenvalue weighted by molar-refractivity contribution is 7.99. The van der Waals surface area contributed by atoms with Gasteiger partial charge in [-0.25, -0.2) is 0 Å². The normalized spacial score (nSPS) is 21.1. The van der Waals surface area contributed by atoms with Gasteiger partial charge in [-0.1, -0.05) is 17.7 Å². The Hall–Kier alpha value is -0.510. The quantitative estimate of drug-likeness (QED) is 0.800. The van der Waals surface area contributed by atoms with E-state index in [0.29, 0.717) is 6.10 Å². The first-order valence-electron chi connectivity index (χ1n) is 6.73. The molecule has 0 bridgehead atoms. The van der Waals surface area contributed by atoms with Crippen LogP contribution in [0.15, 0.2) is 29.2 Å². The summed E-state index contributed by atoms with van der Waals surface area (Å²) in [5, 5.41) is 9.95. The number of aryl methyl sites for hydroxylation is 1. The summed E-state index contributed by atoms with van der Waals surface area (Å²) in [4.78, 5) is 1.23. The molecule has 3 heteroatoms. The Morgan fingerprint density at radius 2 is 2.17 bits per heavy atom. The van der Waals surface area contributed by atoms with Crippen LogP contribution in [0.2, 0.25) is 0 Å². The van der Waals surface area contributed by atoms with Crippen LogP contribution in [-0.4, -0.2) is 29.7 Å². The van der Waals surface area contributed by atoms with Crippen molar-refractivity contribution in [1.82, 2.24) is 0 Å². The topological polar surface area (TPSA) is 29.5 Å². The molecule has 0 aromatic heterocycles. The van der Waals surface area contributed by atoms with E-state index in [-0.39, 0.29) is 6.10 Å². The van der Waals surface area contributed by atoms with Gasteiger partial charge in [0.1, 0.15) is 0 Å². The molecule has 18 heavy (non-hydrogen) atoms. The third kappa shape index (κ3) is 4.63. The molecule has 1 aliphatic heterocycles. The maximum absolute atomic E-state index is 9.95. The Bertz CT molecular complexity index is 344. The highest BCUT2D eigenvalue weighted by Crippen LogP contribution is 2.22. The highest BCUT2D eigenvalue weighted by Gasteiger charge is 2.16. The van der Waals surface area contributed by atoms with Crippen molar-refractivity contribution in [2.75, 3.05) is 12.4 Å². The molecule has 0 spiro atoms. The van der Waals surface area contributed by atoms with Gasteiger partial charge >= 0.3 is 0 Å². The molecule has 0 saturated carbocycles. The van der Waals surface area contributed by atoms with E-state index in [0.717, 1.165) is 31.6 Å². The number of aliphatic hydroxyl groups excluding tert-OH is 1. The fourth-order valence-electron chi connectivity index (χ4n) is 2.16. The lowest BCUT2D eigenvalue weighted by Crippen LogP contribution is -2.14. The zero-order chi connectivity index (χ0) is 12.8. The van der Waals surface area contributed by atoms with Gasteiger partial charge in [0.2, 0.25) is 0 Å². The fraction of sp³-hybridized carbons (Fsp3) is 0.600.